The Hall–Kier alpha value is -1.35. The number of aliphatic hydroxyl groups excluding tert-OH is 1. The molecule has 0 amide bonds. The average Bonchev–Trinajstić information content (AvgIpc) is 2.52. The molecule has 0 radical (unpaired) electrons. The van der Waals surface area contributed by atoms with Crippen LogP contribution in [0.5, 0.6) is 0 Å². The van der Waals surface area contributed by atoms with Gasteiger partial charge in [0.25, 0.3) is 0 Å². The Morgan fingerprint density at radius 2 is 1.86 bits per heavy atom. The smallest absolute Gasteiger partial charge is 0.305 e. The van der Waals surface area contributed by atoms with Crippen LogP contribution in [0.25, 0.3) is 0 Å². The van der Waals surface area contributed by atoms with Gasteiger partial charge >= 0.3 is 5.97 Å². The Kier molecular flexibility index (Phi) is 15.0. The number of carbonyl (C=O) groups excluding carboxylic acids is 1. The number of unbranched alkanes of at least 4 members (excludes halogenated alkanes) is 4. The van der Waals surface area contributed by atoms with Crippen molar-refractivity contribution in [3.63, 3.8) is 0 Å². The molecular formula is C19H32O3. The van der Waals surface area contributed by atoms with Crippen LogP contribution in [0.15, 0.2) is 36.5 Å². The van der Waals surface area contributed by atoms with Crippen LogP contribution in [0.3, 0.4) is 0 Å². The van der Waals surface area contributed by atoms with E-state index in [-0.39, 0.29) is 12.1 Å². The highest BCUT2D eigenvalue weighted by Gasteiger charge is 2.01. The van der Waals surface area contributed by atoms with Gasteiger partial charge in [0.1, 0.15) is 0 Å². The minimum Gasteiger partial charge on any atom is -0.469 e. The molecule has 0 fully saturated rings. The zero-order valence-corrected chi connectivity index (χ0v) is 14.2. The summed E-state index contributed by atoms with van der Waals surface area (Å²) in [5, 5.41) is 9.80. The number of hydrogen-bond donors (Lipinski definition) is 1. The van der Waals surface area contributed by atoms with Gasteiger partial charge in [-0.2, -0.15) is 0 Å². The Labute approximate surface area is 135 Å². The van der Waals surface area contributed by atoms with Gasteiger partial charge in [0.15, 0.2) is 0 Å². The number of methoxy groups -OCH3 is 1. The quantitative estimate of drug-likeness (QED) is 0.232. The highest BCUT2D eigenvalue weighted by atomic mass is 16.5. The van der Waals surface area contributed by atoms with E-state index in [4.69, 9.17) is 0 Å². The first kappa shape index (κ1) is 20.6. The molecule has 0 spiro atoms. The summed E-state index contributed by atoms with van der Waals surface area (Å²) in [6.45, 7) is 2.17. The van der Waals surface area contributed by atoms with Crippen molar-refractivity contribution in [3.05, 3.63) is 36.5 Å². The summed E-state index contributed by atoms with van der Waals surface area (Å²) in [4.78, 5) is 10.9. The molecule has 1 N–H and O–H groups in total. The molecule has 0 aromatic rings. The topological polar surface area (TPSA) is 46.5 Å². The van der Waals surface area contributed by atoms with Crippen LogP contribution in [-0.4, -0.2) is 24.3 Å². The summed E-state index contributed by atoms with van der Waals surface area (Å²) in [5.74, 6) is -0.140. The molecule has 0 bridgehead atoms. The molecule has 0 aliphatic carbocycles. The second-order valence-corrected chi connectivity index (χ2v) is 5.41. The molecule has 0 aliphatic heterocycles. The average molecular weight is 308 g/mol. The number of hydrogen-bond acceptors (Lipinski definition) is 3. The van der Waals surface area contributed by atoms with Gasteiger partial charge in [0, 0.05) is 6.42 Å². The molecule has 0 aromatic heterocycles. The molecule has 22 heavy (non-hydrogen) atoms. The summed E-state index contributed by atoms with van der Waals surface area (Å²) >= 11 is 0. The van der Waals surface area contributed by atoms with Gasteiger partial charge in [-0.1, -0.05) is 69.1 Å². The summed E-state index contributed by atoms with van der Waals surface area (Å²) in [6.07, 6.45) is 20.3. The summed E-state index contributed by atoms with van der Waals surface area (Å²) in [7, 11) is 1.42. The third kappa shape index (κ3) is 15.0. The fraction of sp³-hybridized carbons (Fsp3) is 0.632. The van der Waals surface area contributed by atoms with Crippen LogP contribution in [0, 0.1) is 0 Å². The monoisotopic (exact) mass is 308 g/mol. The second kappa shape index (κ2) is 16.0. The molecule has 126 valence electrons. The predicted octanol–water partition coefficient (Wildman–Crippen LogP) is 4.72. The van der Waals surface area contributed by atoms with E-state index in [1.807, 2.05) is 18.2 Å². The number of ether oxygens (including phenoxy) is 1. The summed E-state index contributed by atoms with van der Waals surface area (Å²) < 4.78 is 4.59. The lowest BCUT2D eigenvalue weighted by Crippen LogP contribution is -2.02. The largest absolute Gasteiger partial charge is 0.469 e. The van der Waals surface area contributed by atoms with Crippen LogP contribution in [-0.2, 0) is 9.53 Å². The zero-order chi connectivity index (χ0) is 16.5. The zero-order valence-electron chi connectivity index (χ0n) is 14.2. The molecule has 3 nitrogen and oxygen atoms in total. The van der Waals surface area contributed by atoms with Gasteiger partial charge in [0.2, 0.25) is 0 Å². The second-order valence-electron chi connectivity index (χ2n) is 5.41. The predicted molar refractivity (Wildman–Crippen MR) is 92.7 cm³/mol. The van der Waals surface area contributed by atoms with Crippen LogP contribution in [0.4, 0.5) is 0 Å². The van der Waals surface area contributed by atoms with E-state index in [2.05, 4.69) is 29.9 Å². The molecule has 0 saturated carbocycles. The van der Waals surface area contributed by atoms with E-state index in [0.29, 0.717) is 6.42 Å². The van der Waals surface area contributed by atoms with Crippen LogP contribution < -0.4 is 0 Å². The fourth-order valence-corrected chi connectivity index (χ4v) is 1.98. The molecule has 1 unspecified atom stereocenters. The van der Waals surface area contributed by atoms with Crippen molar-refractivity contribution < 1.29 is 14.6 Å². The van der Waals surface area contributed by atoms with Crippen LogP contribution in [0.1, 0.15) is 64.7 Å². The Morgan fingerprint density at radius 1 is 1.09 bits per heavy atom. The highest BCUT2D eigenvalue weighted by Crippen LogP contribution is 2.08. The first-order valence-corrected chi connectivity index (χ1v) is 8.44. The minimum atomic E-state index is -0.374. The third-order valence-electron chi connectivity index (χ3n) is 3.33. The first-order chi connectivity index (χ1) is 10.7. The minimum absolute atomic E-state index is 0.140. The standard InChI is InChI=1S/C19H32O3/c1-3-4-5-6-7-8-9-12-15-18(20)16-13-10-11-14-17-19(21)22-2/h5-6,8-9,12,15,18,20H,3-4,7,10-11,13-14,16-17H2,1-2H3. The van der Waals surface area contributed by atoms with Gasteiger partial charge in [-0.15, -0.1) is 0 Å². The number of carbonyl (C=O) groups is 1. The maximum Gasteiger partial charge on any atom is 0.305 e. The number of esters is 1. The van der Waals surface area contributed by atoms with Gasteiger partial charge in [-0.3, -0.25) is 4.79 Å². The molecule has 0 rings (SSSR count). The van der Waals surface area contributed by atoms with Crippen molar-refractivity contribution >= 4 is 5.97 Å². The maximum absolute atomic E-state index is 10.9. The normalized spacial score (nSPS) is 13.4. The van der Waals surface area contributed by atoms with E-state index < -0.39 is 0 Å². The van der Waals surface area contributed by atoms with Crippen molar-refractivity contribution in [1.82, 2.24) is 0 Å². The Balaban J connectivity index is 3.52. The Bertz CT molecular complexity index is 343. The summed E-state index contributed by atoms with van der Waals surface area (Å²) in [5.41, 5.74) is 0. The van der Waals surface area contributed by atoms with Gasteiger partial charge in [-0.25, -0.2) is 0 Å². The van der Waals surface area contributed by atoms with Crippen molar-refractivity contribution in [3.8, 4) is 0 Å². The molecular weight excluding hydrogens is 276 g/mol. The lowest BCUT2D eigenvalue weighted by atomic mass is 10.1. The maximum atomic E-state index is 10.9. The number of allylic oxidation sites excluding steroid dienone is 5. The number of rotatable bonds is 13. The third-order valence-corrected chi connectivity index (χ3v) is 3.33. The lowest BCUT2D eigenvalue weighted by molar-refractivity contribution is -0.140. The highest BCUT2D eigenvalue weighted by molar-refractivity contribution is 5.68. The van der Waals surface area contributed by atoms with Crippen LogP contribution >= 0.6 is 0 Å². The van der Waals surface area contributed by atoms with Crippen LogP contribution in [0.2, 0.25) is 0 Å². The van der Waals surface area contributed by atoms with Crippen molar-refractivity contribution in [2.24, 2.45) is 0 Å². The Morgan fingerprint density at radius 3 is 2.59 bits per heavy atom. The lowest BCUT2D eigenvalue weighted by Gasteiger charge is -2.04. The SMILES string of the molecule is CCCC=CCC=CC=CC(O)CCCCCCC(=O)OC. The molecule has 1 atom stereocenters. The fourth-order valence-electron chi connectivity index (χ4n) is 1.98. The van der Waals surface area contributed by atoms with Crippen molar-refractivity contribution in [1.29, 1.82) is 0 Å². The van der Waals surface area contributed by atoms with Gasteiger partial charge < -0.3 is 9.84 Å². The van der Waals surface area contributed by atoms with Gasteiger partial charge in [0.05, 0.1) is 13.2 Å². The number of aliphatic hydroxyl groups is 1. The van der Waals surface area contributed by atoms with E-state index >= 15 is 0 Å². The molecule has 0 aromatic carbocycles. The van der Waals surface area contributed by atoms with E-state index in [1.54, 1.807) is 0 Å². The van der Waals surface area contributed by atoms with Crippen molar-refractivity contribution in [2.45, 2.75) is 70.8 Å². The van der Waals surface area contributed by atoms with E-state index in [9.17, 15) is 9.90 Å². The molecule has 0 aliphatic rings. The molecule has 0 saturated heterocycles. The first-order valence-electron chi connectivity index (χ1n) is 8.44. The van der Waals surface area contributed by atoms with Crippen molar-refractivity contribution in [2.75, 3.05) is 7.11 Å². The van der Waals surface area contributed by atoms with E-state index in [1.165, 1.54) is 13.5 Å². The van der Waals surface area contributed by atoms with Gasteiger partial charge in [-0.05, 0) is 25.7 Å². The van der Waals surface area contributed by atoms with E-state index in [0.717, 1.165) is 44.9 Å². The molecule has 3 heteroatoms. The summed E-state index contributed by atoms with van der Waals surface area (Å²) in [6, 6.07) is 0. The molecule has 0 heterocycles.